The molecule has 0 saturated carbocycles. The predicted molar refractivity (Wildman–Crippen MR) is 76.3 cm³/mol. The average Bonchev–Trinajstić information content (AvgIpc) is 2.44. The van der Waals surface area contributed by atoms with Crippen molar-refractivity contribution in [3.63, 3.8) is 0 Å². The highest BCUT2D eigenvalue weighted by Gasteiger charge is 2.24. The quantitative estimate of drug-likeness (QED) is 0.834. The molecule has 1 aliphatic rings. The molecular weight excluding hydrogens is 238 g/mol. The van der Waals surface area contributed by atoms with E-state index in [2.05, 4.69) is 0 Å². The number of ether oxygens (including phenoxy) is 1. The minimum absolute atomic E-state index is 0.157. The van der Waals surface area contributed by atoms with E-state index < -0.39 is 0 Å². The van der Waals surface area contributed by atoms with Crippen LogP contribution in [0.25, 0.3) is 0 Å². The molecule has 1 aliphatic heterocycles. The van der Waals surface area contributed by atoms with Gasteiger partial charge in [-0.15, -0.1) is 0 Å². The number of amides is 1. The minimum Gasteiger partial charge on any atom is -0.381 e. The second-order valence-electron chi connectivity index (χ2n) is 5.29. The Morgan fingerprint density at radius 1 is 1.47 bits per heavy atom. The second-order valence-corrected chi connectivity index (χ2v) is 5.29. The molecule has 0 bridgehead atoms. The van der Waals surface area contributed by atoms with Crippen LogP contribution in [-0.2, 0) is 4.74 Å². The summed E-state index contributed by atoms with van der Waals surface area (Å²) >= 11 is 0. The molecule has 1 fully saturated rings. The summed E-state index contributed by atoms with van der Waals surface area (Å²) in [5, 5.41) is 0. The van der Waals surface area contributed by atoms with Gasteiger partial charge in [-0.3, -0.25) is 4.79 Å². The minimum atomic E-state index is 0.157. The lowest BCUT2D eigenvalue weighted by Crippen LogP contribution is -2.41. The normalized spacial score (nSPS) is 19.5. The largest absolute Gasteiger partial charge is 0.381 e. The number of hydrogen-bond acceptors (Lipinski definition) is 2. The van der Waals surface area contributed by atoms with Gasteiger partial charge in [-0.1, -0.05) is 17.7 Å². The first-order chi connectivity index (χ1) is 9.20. The van der Waals surface area contributed by atoms with E-state index in [1.807, 2.05) is 43.0 Å². The summed E-state index contributed by atoms with van der Waals surface area (Å²) in [7, 11) is 0. The summed E-state index contributed by atoms with van der Waals surface area (Å²) in [5.41, 5.74) is 1.94. The first-order valence-corrected chi connectivity index (χ1v) is 7.14. The molecule has 1 heterocycles. The SMILES string of the molecule is CCOCC1CCCN(C(=O)c2cccc(C)c2)C1. The highest BCUT2D eigenvalue weighted by Crippen LogP contribution is 2.19. The Morgan fingerprint density at radius 3 is 3.05 bits per heavy atom. The van der Waals surface area contributed by atoms with Gasteiger partial charge in [-0.25, -0.2) is 0 Å². The van der Waals surface area contributed by atoms with Crippen molar-refractivity contribution in [2.45, 2.75) is 26.7 Å². The van der Waals surface area contributed by atoms with Crippen molar-refractivity contribution in [2.24, 2.45) is 5.92 Å². The fourth-order valence-corrected chi connectivity index (χ4v) is 2.63. The summed E-state index contributed by atoms with van der Waals surface area (Å²) < 4.78 is 5.49. The molecule has 19 heavy (non-hydrogen) atoms. The first kappa shape index (κ1) is 14.1. The molecule has 0 radical (unpaired) electrons. The van der Waals surface area contributed by atoms with E-state index in [4.69, 9.17) is 4.74 Å². The van der Waals surface area contributed by atoms with Crippen molar-refractivity contribution in [1.29, 1.82) is 0 Å². The monoisotopic (exact) mass is 261 g/mol. The van der Waals surface area contributed by atoms with Crippen molar-refractivity contribution in [3.8, 4) is 0 Å². The molecule has 2 rings (SSSR count). The third-order valence-electron chi connectivity index (χ3n) is 3.63. The standard InChI is InChI=1S/C16H23NO2/c1-3-19-12-14-7-5-9-17(11-14)16(18)15-8-4-6-13(2)10-15/h4,6,8,10,14H,3,5,7,9,11-12H2,1-2H3. The van der Waals surface area contributed by atoms with Crippen LogP contribution in [0.2, 0.25) is 0 Å². The molecule has 1 atom stereocenters. The zero-order valence-electron chi connectivity index (χ0n) is 11.9. The fraction of sp³-hybridized carbons (Fsp3) is 0.562. The number of rotatable bonds is 4. The molecular formula is C16H23NO2. The van der Waals surface area contributed by atoms with Crippen LogP contribution >= 0.6 is 0 Å². The van der Waals surface area contributed by atoms with E-state index in [9.17, 15) is 4.79 Å². The zero-order valence-corrected chi connectivity index (χ0v) is 11.9. The van der Waals surface area contributed by atoms with E-state index in [1.54, 1.807) is 0 Å². The highest BCUT2D eigenvalue weighted by atomic mass is 16.5. The van der Waals surface area contributed by atoms with Crippen molar-refractivity contribution < 1.29 is 9.53 Å². The van der Waals surface area contributed by atoms with Gasteiger partial charge in [0.2, 0.25) is 0 Å². The summed E-state index contributed by atoms with van der Waals surface area (Å²) in [5.74, 6) is 0.646. The van der Waals surface area contributed by atoms with Crippen molar-refractivity contribution in [3.05, 3.63) is 35.4 Å². The van der Waals surface area contributed by atoms with Crippen LogP contribution in [0, 0.1) is 12.8 Å². The van der Waals surface area contributed by atoms with Gasteiger partial charge in [-0.2, -0.15) is 0 Å². The molecule has 1 amide bonds. The zero-order chi connectivity index (χ0) is 13.7. The molecule has 1 unspecified atom stereocenters. The van der Waals surface area contributed by atoms with E-state index in [1.165, 1.54) is 0 Å². The predicted octanol–water partition coefficient (Wildman–Crippen LogP) is 2.88. The van der Waals surface area contributed by atoms with Crippen molar-refractivity contribution in [2.75, 3.05) is 26.3 Å². The van der Waals surface area contributed by atoms with E-state index in [-0.39, 0.29) is 5.91 Å². The van der Waals surface area contributed by atoms with Gasteiger partial charge in [0.1, 0.15) is 0 Å². The molecule has 104 valence electrons. The number of carbonyl (C=O) groups excluding carboxylic acids is 1. The number of aryl methyl sites for hydroxylation is 1. The smallest absolute Gasteiger partial charge is 0.253 e. The van der Waals surface area contributed by atoms with Crippen LogP contribution < -0.4 is 0 Å². The lowest BCUT2D eigenvalue weighted by Gasteiger charge is -2.32. The molecule has 3 nitrogen and oxygen atoms in total. The summed E-state index contributed by atoms with van der Waals surface area (Å²) in [4.78, 5) is 14.4. The lowest BCUT2D eigenvalue weighted by atomic mass is 9.98. The van der Waals surface area contributed by atoms with Gasteiger partial charge in [0.05, 0.1) is 6.61 Å². The molecule has 1 aromatic rings. The number of piperidine rings is 1. The maximum absolute atomic E-state index is 12.5. The van der Waals surface area contributed by atoms with Crippen LogP contribution in [0.5, 0.6) is 0 Å². The van der Waals surface area contributed by atoms with Gasteiger partial charge in [0, 0.05) is 25.3 Å². The van der Waals surface area contributed by atoms with E-state index >= 15 is 0 Å². The van der Waals surface area contributed by atoms with Crippen LogP contribution in [0.15, 0.2) is 24.3 Å². The molecule has 3 heteroatoms. The molecule has 1 aromatic carbocycles. The Bertz CT molecular complexity index is 431. The third kappa shape index (κ3) is 3.80. The Balaban J connectivity index is 1.99. The Hall–Kier alpha value is -1.35. The Morgan fingerprint density at radius 2 is 2.32 bits per heavy atom. The average molecular weight is 261 g/mol. The number of likely N-dealkylation sites (tertiary alicyclic amines) is 1. The topological polar surface area (TPSA) is 29.5 Å². The van der Waals surface area contributed by atoms with Crippen LogP contribution in [0.4, 0.5) is 0 Å². The summed E-state index contributed by atoms with van der Waals surface area (Å²) in [6, 6.07) is 7.84. The fourth-order valence-electron chi connectivity index (χ4n) is 2.63. The van der Waals surface area contributed by atoms with Gasteiger partial charge < -0.3 is 9.64 Å². The molecule has 0 aromatic heterocycles. The number of hydrogen-bond donors (Lipinski definition) is 0. The van der Waals surface area contributed by atoms with Crippen LogP contribution in [0.1, 0.15) is 35.7 Å². The molecule has 0 aliphatic carbocycles. The van der Waals surface area contributed by atoms with Crippen LogP contribution in [-0.4, -0.2) is 37.1 Å². The van der Waals surface area contributed by atoms with Crippen molar-refractivity contribution >= 4 is 5.91 Å². The second kappa shape index (κ2) is 6.71. The lowest BCUT2D eigenvalue weighted by molar-refractivity contribution is 0.0501. The Labute approximate surface area is 115 Å². The van der Waals surface area contributed by atoms with Gasteiger partial charge in [0.25, 0.3) is 5.91 Å². The van der Waals surface area contributed by atoms with Gasteiger partial charge in [0.15, 0.2) is 0 Å². The van der Waals surface area contributed by atoms with Crippen LogP contribution in [0.3, 0.4) is 0 Å². The van der Waals surface area contributed by atoms with E-state index in [0.29, 0.717) is 5.92 Å². The molecule has 0 spiro atoms. The number of nitrogens with zero attached hydrogens (tertiary/aromatic N) is 1. The number of carbonyl (C=O) groups is 1. The summed E-state index contributed by atoms with van der Waals surface area (Å²) in [6.07, 6.45) is 2.24. The van der Waals surface area contributed by atoms with Crippen molar-refractivity contribution in [1.82, 2.24) is 4.90 Å². The molecule has 1 saturated heterocycles. The number of benzene rings is 1. The Kier molecular flexibility index (Phi) is 4.97. The van der Waals surface area contributed by atoms with Gasteiger partial charge in [-0.05, 0) is 44.7 Å². The van der Waals surface area contributed by atoms with Gasteiger partial charge >= 0.3 is 0 Å². The van der Waals surface area contributed by atoms with E-state index in [0.717, 1.165) is 50.3 Å². The maximum Gasteiger partial charge on any atom is 0.253 e. The molecule has 0 N–H and O–H groups in total. The first-order valence-electron chi connectivity index (χ1n) is 7.14. The maximum atomic E-state index is 12.5. The third-order valence-corrected chi connectivity index (χ3v) is 3.63. The summed E-state index contributed by atoms with van der Waals surface area (Å²) in [6.45, 7) is 7.25. The highest BCUT2D eigenvalue weighted by molar-refractivity contribution is 5.94.